The highest BCUT2D eigenvalue weighted by Crippen LogP contribution is 2.21. The Bertz CT molecular complexity index is 799. The summed E-state index contributed by atoms with van der Waals surface area (Å²) in [5.74, 6) is -2.15. The standard InChI is InChI=1S/C19H14F2N2O/c20-14-9-10-16(21)15(12-14)19(24)23-18(13-6-2-1-3-7-13)17-8-4-5-11-22-17/h1-12,18H,(H,23,24)/t18-/m1/s1. The summed E-state index contributed by atoms with van der Waals surface area (Å²) in [5.41, 5.74) is 1.06. The third-order valence-corrected chi connectivity index (χ3v) is 3.56. The topological polar surface area (TPSA) is 42.0 Å². The van der Waals surface area contributed by atoms with Crippen molar-refractivity contribution in [3.8, 4) is 0 Å². The zero-order valence-electron chi connectivity index (χ0n) is 12.6. The Morgan fingerprint density at radius 1 is 0.958 bits per heavy atom. The van der Waals surface area contributed by atoms with Crippen LogP contribution in [0.3, 0.4) is 0 Å². The second-order valence-electron chi connectivity index (χ2n) is 5.20. The third-order valence-electron chi connectivity index (χ3n) is 3.56. The van der Waals surface area contributed by atoms with E-state index in [2.05, 4.69) is 10.3 Å². The second kappa shape index (κ2) is 7.00. The SMILES string of the molecule is O=C(N[C@H](c1ccccc1)c1ccccn1)c1cc(F)ccc1F. The number of halogens is 2. The van der Waals surface area contributed by atoms with Crippen LogP contribution in [0.5, 0.6) is 0 Å². The lowest BCUT2D eigenvalue weighted by Gasteiger charge is -2.19. The zero-order chi connectivity index (χ0) is 16.9. The molecule has 3 rings (SSSR count). The molecule has 5 heteroatoms. The molecule has 1 heterocycles. The van der Waals surface area contributed by atoms with Gasteiger partial charge in [0, 0.05) is 6.20 Å². The molecule has 2 aromatic carbocycles. The van der Waals surface area contributed by atoms with Crippen LogP contribution in [0.4, 0.5) is 8.78 Å². The van der Waals surface area contributed by atoms with Gasteiger partial charge in [-0.05, 0) is 35.9 Å². The van der Waals surface area contributed by atoms with E-state index >= 15 is 0 Å². The molecular formula is C19H14F2N2O. The molecule has 3 aromatic rings. The molecule has 1 amide bonds. The van der Waals surface area contributed by atoms with E-state index in [1.165, 1.54) is 0 Å². The highest BCUT2D eigenvalue weighted by atomic mass is 19.1. The number of amides is 1. The molecule has 0 fully saturated rings. The molecule has 0 bridgehead atoms. The average molecular weight is 324 g/mol. The van der Waals surface area contributed by atoms with Crippen LogP contribution in [-0.2, 0) is 0 Å². The molecule has 0 radical (unpaired) electrons. The van der Waals surface area contributed by atoms with Crippen LogP contribution < -0.4 is 5.32 Å². The van der Waals surface area contributed by atoms with E-state index < -0.39 is 23.6 Å². The monoisotopic (exact) mass is 324 g/mol. The van der Waals surface area contributed by atoms with Gasteiger partial charge in [-0.3, -0.25) is 9.78 Å². The van der Waals surface area contributed by atoms with Gasteiger partial charge in [-0.2, -0.15) is 0 Å². The van der Waals surface area contributed by atoms with Gasteiger partial charge in [-0.1, -0.05) is 36.4 Å². The van der Waals surface area contributed by atoms with Crippen molar-refractivity contribution in [2.45, 2.75) is 6.04 Å². The number of nitrogens with one attached hydrogen (secondary N) is 1. The van der Waals surface area contributed by atoms with Crippen molar-refractivity contribution in [1.82, 2.24) is 10.3 Å². The maximum absolute atomic E-state index is 13.8. The predicted octanol–water partition coefficient (Wildman–Crippen LogP) is 3.88. The summed E-state index contributed by atoms with van der Waals surface area (Å²) in [7, 11) is 0. The number of benzene rings is 2. The first-order valence-electron chi connectivity index (χ1n) is 7.37. The summed E-state index contributed by atoms with van der Waals surface area (Å²) in [5, 5.41) is 2.73. The van der Waals surface area contributed by atoms with Gasteiger partial charge in [0.05, 0.1) is 17.3 Å². The van der Waals surface area contributed by atoms with E-state index in [9.17, 15) is 13.6 Å². The van der Waals surface area contributed by atoms with Crippen molar-refractivity contribution in [3.05, 3.63) is 101 Å². The Morgan fingerprint density at radius 2 is 1.71 bits per heavy atom. The van der Waals surface area contributed by atoms with E-state index in [0.29, 0.717) is 5.69 Å². The molecule has 0 aliphatic carbocycles. The molecule has 1 atom stereocenters. The van der Waals surface area contributed by atoms with Gasteiger partial charge in [0.25, 0.3) is 5.91 Å². The third kappa shape index (κ3) is 3.46. The highest BCUT2D eigenvalue weighted by molar-refractivity contribution is 5.95. The minimum absolute atomic E-state index is 0.341. The maximum Gasteiger partial charge on any atom is 0.255 e. The van der Waals surface area contributed by atoms with Gasteiger partial charge in [0.1, 0.15) is 11.6 Å². The number of hydrogen-bond acceptors (Lipinski definition) is 2. The number of nitrogens with zero attached hydrogens (tertiary/aromatic N) is 1. The molecule has 0 saturated heterocycles. The Balaban J connectivity index is 1.95. The fourth-order valence-corrected chi connectivity index (χ4v) is 2.40. The first-order valence-corrected chi connectivity index (χ1v) is 7.37. The van der Waals surface area contributed by atoms with Gasteiger partial charge in [-0.25, -0.2) is 8.78 Å². The Hall–Kier alpha value is -3.08. The number of carbonyl (C=O) groups is 1. The van der Waals surface area contributed by atoms with Crippen molar-refractivity contribution >= 4 is 5.91 Å². The molecule has 0 aliphatic heterocycles. The fraction of sp³-hybridized carbons (Fsp3) is 0.0526. The van der Waals surface area contributed by atoms with E-state index in [1.54, 1.807) is 24.4 Å². The maximum atomic E-state index is 13.8. The van der Waals surface area contributed by atoms with Crippen molar-refractivity contribution in [2.75, 3.05) is 0 Å². The molecule has 0 aliphatic rings. The molecule has 0 saturated carbocycles. The fourth-order valence-electron chi connectivity index (χ4n) is 2.40. The van der Waals surface area contributed by atoms with E-state index in [0.717, 1.165) is 23.8 Å². The number of carbonyl (C=O) groups excluding carboxylic acids is 1. The van der Waals surface area contributed by atoms with Crippen molar-refractivity contribution < 1.29 is 13.6 Å². The average Bonchev–Trinajstić information content (AvgIpc) is 2.63. The van der Waals surface area contributed by atoms with Crippen LogP contribution in [-0.4, -0.2) is 10.9 Å². The number of aromatic nitrogens is 1. The second-order valence-corrected chi connectivity index (χ2v) is 5.20. The molecule has 120 valence electrons. The van der Waals surface area contributed by atoms with Crippen LogP contribution in [0, 0.1) is 11.6 Å². The van der Waals surface area contributed by atoms with Gasteiger partial charge in [-0.15, -0.1) is 0 Å². The molecule has 1 aromatic heterocycles. The van der Waals surface area contributed by atoms with E-state index in [4.69, 9.17) is 0 Å². The minimum Gasteiger partial charge on any atom is -0.339 e. The summed E-state index contributed by atoms with van der Waals surface area (Å²) in [6.45, 7) is 0. The lowest BCUT2D eigenvalue weighted by atomic mass is 10.0. The number of rotatable bonds is 4. The van der Waals surface area contributed by atoms with Crippen molar-refractivity contribution in [2.24, 2.45) is 0 Å². The first kappa shape index (κ1) is 15.8. The largest absolute Gasteiger partial charge is 0.339 e. The van der Waals surface area contributed by atoms with Gasteiger partial charge in [0.15, 0.2) is 0 Å². The molecule has 0 spiro atoms. The van der Waals surface area contributed by atoms with Gasteiger partial charge in [0.2, 0.25) is 0 Å². The van der Waals surface area contributed by atoms with Gasteiger partial charge >= 0.3 is 0 Å². The summed E-state index contributed by atoms with van der Waals surface area (Å²) in [6.07, 6.45) is 1.61. The molecule has 1 N–H and O–H groups in total. The van der Waals surface area contributed by atoms with Crippen molar-refractivity contribution in [3.63, 3.8) is 0 Å². The van der Waals surface area contributed by atoms with Crippen LogP contribution in [0.25, 0.3) is 0 Å². The lowest BCUT2D eigenvalue weighted by molar-refractivity contribution is 0.0937. The molecule has 0 unspecified atom stereocenters. The smallest absolute Gasteiger partial charge is 0.255 e. The normalized spacial score (nSPS) is 11.8. The van der Waals surface area contributed by atoms with Gasteiger partial charge < -0.3 is 5.32 Å². The van der Waals surface area contributed by atoms with Crippen molar-refractivity contribution in [1.29, 1.82) is 0 Å². The summed E-state index contributed by atoms with van der Waals surface area (Å²) in [4.78, 5) is 16.7. The lowest BCUT2D eigenvalue weighted by Crippen LogP contribution is -2.30. The first-order chi connectivity index (χ1) is 11.6. The minimum atomic E-state index is -0.776. The molecule has 3 nitrogen and oxygen atoms in total. The zero-order valence-corrected chi connectivity index (χ0v) is 12.6. The van der Waals surface area contributed by atoms with Crippen LogP contribution in [0.15, 0.2) is 72.9 Å². The quantitative estimate of drug-likeness (QED) is 0.791. The summed E-state index contributed by atoms with van der Waals surface area (Å²) in [6, 6.07) is 16.7. The van der Waals surface area contributed by atoms with Crippen LogP contribution >= 0.6 is 0 Å². The van der Waals surface area contributed by atoms with Crippen LogP contribution in [0.2, 0.25) is 0 Å². The summed E-state index contributed by atoms with van der Waals surface area (Å²) >= 11 is 0. The summed E-state index contributed by atoms with van der Waals surface area (Å²) < 4.78 is 27.2. The number of hydrogen-bond donors (Lipinski definition) is 1. The molecule has 24 heavy (non-hydrogen) atoms. The predicted molar refractivity (Wildman–Crippen MR) is 86.3 cm³/mol. The van der Waals surface area contributed by atoms with E-state index in [1.807, 2.05) is 30.3 Å². The Kier molecular flexibility index (Phi) is 4.61. The van der Waals surface area contributed by atoms with E-state index in [-0.39, 0.29) is 5.56 Å². The van der Waals surface area contributed by atoms with Crippen LogP contribution in [0.1, 0.15) is 27.7 Å². The Labute approximate surface area is 138 Å². The Morgan fingerprint density at radius 3 is 2.42 bits per heavy atom. The highest BCUT2D eigenvalue weighted by Gasteiger charge is 2.21. The number of pyridine rings is 1. The molecular weight excluding hydrogens is 310 g/mol.